The van der Waals surface area contributed by atoms with Gasteiger partial charge in [0.05, 0.1) is 22.3 Å². The van der Waals surface area contributed by atoms with Gasteiger partial charge in [0.2, 0.25) is 0 Å². The van der Waals surface area contributed by atoms with Gasteiger partial charge in [-0.1, -0.05) is 23.2 Å². The quantitative estimate of drug-likeness (QED) is 0.877. The molecule has 1 aromatic heterocycles. The minimum atomic E-state index is 0.320. The van der Waals surface area contributed by atoms with Gasteiger partial charge < -0.3 is 5.73 Å². The lowest BCUT2D eigenvalue weighted by Crippen LogP contribution is -2.07. The minimum absolute atomic E-state index is 0.320. The highest BCUT2D eigenvalue weighted by molar-refractivity contribution is 6.42. The Labute approximate surface area is 96.6 Å². The zero-order valence-electron chi connectivity index (χ0n) is 7.69. The Morgan fingerprint density at radius 3 is 2.73 bits per heavy atom. The molecule has 6 heteroatoms. The second-order valence-electron chi connectivity index (χ2n) is 2.89. The number of nitrogens with two attached hydrogens (primary N) is 1. The molecule has 2 aromatic rings. The van der Waals surface area contributed by atoms with Crippen molar-refractivity contribution >= 4 is 23.2 Å². The van der Waals surface area contributed by atoms with Crippen molar-refractivity contribution in [3.63, 3.8) is 0 Å². The molecule has 0 unspecified atom stereocenters. The van der Waals surface area contributed by atoms with Crippen LogP contribution < -0.4 is 5.73 Å². The van der Waals surface area contributed by atoms with Crippen LogP contribution in [-0.2, 0) is 6.54 Å². The van der Waals surface area contributed by atoms with Crippen LogP contribution in [0.3, 0.4) is 0 Å². The van der Waals surface area contributed by atoms with E-state index in [2.05, 4.69) is 10.1 Å². The fraction of sp³-hybridized carbons (Fsp3) is 0.111. The fourth-order valence-electron chi connectivity index (χ4n) is 1.24. The van der Waals surface area contributed by atoms with Crippen molar-refractivity contribution in [3.05, 3.63) is 40.4 Å². The Hall–Kier alpha value is -1.10. The molecule has 78 valence electrons. The summed E-state index contributed by atoms with van der Waals surface area (Å²) in [7, 11) is 0. The van der Waals surface area contributed by atoms with Crippen molar-refractivity contribution in [3.8, 4) is 5.69 Å². The highest BCUT2D eigenvalue weighted by atomic mass is 35.5. The molecule has 4 nitrogen and oxygen atoms in total. The van der Waals surface area contributed by atoms with E-state index in [0.29, 0.717) is 22.4 Å². The Kier molecular flexibility index (Phi) is 2.90. The van der Waals surface area contributed by atoms with Crippen molar-refractivity contribution in [1.29, 1.82) is 0 Å². The minimum Gasteiger partial charge on any atom is -0.324 e. The summed E-state index contributed by atoms with van der Waals surface area (Å²) >= 11 is 11.7. The van der Waals surface area contributed by atoms with Crippen LogP contribution in [0.5, 0.6) is 0 Å². The maximum atomic E-state index is 5.90. The standard InChI is InChI=1S/C9H8Cl2N4/c10-7-2-1-6(3-8(7)11)15-9(4-12)13-5-14-15/h1-3,5H,4,12H2. The van der Waals surface area contributed by atoms with E-state index in [1.54, 1.807) is 16.8 Å². The summed E-state index contributed by atoms with van der Waals surface area (Å²) in [5.41, 5.74) is 6.31. The van der Waals surface area contributed by atoms with Crippen molar-refractivity contribution in [1.82, 2.24) is 14.8 Å². The van der Waals surface area contributed by atoms with Crippen LogP contribution in [0.4, 0.5) is 0 Å². The summed E-state index contributed by atoms with van der Waals surface area (Å²) in [5.74, 6) is 0.674. The van der Waals surface area contributed by atoms with Crippen molar-refractivity contribution in [2.24, 2.45) is 5.73 Å². The topological polar surface area (TPSA) is 56.7 Å². The van der Waals surface area contributed by atoms with E-state index in [0.717, 1.165) is 5.69 Å². The molecular weight excluding hydrogens is 235 g/mol. The third kappa shape index (κ3) is 1.97. The Balaban J connectivity index is 2.50. The van der Waals surface area contributed by atoms with Crippen LogP contribution in [0.1, 0.15) is 5.82 Å². The first-order valence-electron chi connectivity index (χ1n) is 4.27. The molecule has 2 N–H and O–H groups in total. The molecule has 0 radical (unpaired) electrons. The molecule has 0 aliphatic heterocycles. The molecule has 0 spiro atoms. The zero-order valence-corrected chi connectivity index (χ0v) is 9.20. The molecule has 0 aliphatic rings. The summed E-state index contributed by atoms with van der Waals surface area (Å²) < 4.78 is 1.63. The van der Waals surface area contributed by atoms with Crippen LogP contribution in [0.2, 0.25) is 10.0 Å². The smallest absolute Gasteiger partial charge is 0.145 e. The first kappa shape index (κ1) is 10.4. The average Bonchev–Trinajstić information content (AvgIpc) is 2.70. The first-order chi connectivity index (χ1) is 7.22. The Morgan fingerprint density at radius 1 is 1.27 bits per heavy atom. The van der Waals surface area contributed by atoms with E-state index in [-0.39, 0.29) is 0 Å². The lowest BCUT2D eigenvalue weighted by Gasteiger charge is -2.05. The molecule has 15 heavy (non-hydrogen) atoms. The SMILES string of the molecule is NCc1ncnn1-c1ccc(Cl)c(Cl)c1. The number of rotatable bonds is 2. The normalized spacial score (nSPS) is 10.6. The number of benzene rings is 1. The third-order valence-electron chi connectivity index (χ3n) is 1.95. The molecule has 1 heterocycles. The van der Waals surface area contributed by atoms with E-state index >= 15 is 0 Å². The van der Waals surface area contributed by atoms with E-state index in [9.17, 15) is 0 Å². The monoisotopic (exact) mass is 242 g/mol. The van der Waals surface area contributed by atoms with E-state index in [1.807, 2.05) is 6.07 Å². The van der Waals surface area contributed by atoms with Crippen LogP contribution in [0.25, 0.3) is 5.69 Å². The van der Waals surface area contributed by atoms with Gasteiger partial charge >= 0.3 is 0 Å². The maximum absolute atomic E-state index is 5.90. The third-order valence-corrected chi connectivity index (χ3v) is 2.69. The van der Waals surface area contributed by atoms with Crippen LogP contribution in [0, 0.1) is 0 Å². The van der Waals surface area contributed by atoms with Crippen LogP contribution in [0.15, 0.2) is 24.5 Å². The van der Waals surface area contributed by atoms with Gasteiger partial charge in [0, 0.05) is 0 Å². The van der Waals surface area contributed by atoms with Crippen molar-refractivity contribution in [2.45, 2.75) is 6.54 Å². The molecule has 0 atom stereocenters. The lowest BCUT2D eigenvalue weighted by atomic mass is 10.3. The van der Waals surface area contributed by atoms with Gasteiger partial charge in [0.1, 0.15) is 12.2 Å². The molecule has 0 saturated carbocycles. The van der Waals surface area contributed by atoms with E-state index in [1.165, 1.54) is 6.33 Å². The van der Waals surface area contributed by atoms with Crippen LogP contribution >= 0.6 is 23.2 Å². The predicted molar refractivity (Wildman–Crippen MR) is 59.3 cm³/mol. The van der Waals surface area contributed by atoms with Gasteiger partial charge in [-0.3, -0.25) is 0 Å². The highest BCUT2D eigenvalue weighted by Gasteiger charge is 2.06. The molecular formula is C9H8Cl2N4. The molecule has 0 aliphatic carbocycles. The second kappa shape index (κ2) is 4.18. The fourth-order valence-corrected chi connectivity index (χ4v) is 1.53. The molecule has 2 rings (SSSR count). The number of hydrogen-bond donors (Lipinski definition) is 1. The molecule has 0 bridgehead atoms. The Bertz CT molecular complexity index is 481. The van der Waals surface area contributed by atoms with Crippen LogP contribution in [-0.4, -0.2) is 14.8 Å². The number of hydrogen-bond acceptors (Lipinski definition) is 3. The van der Waals surface area contributed by atoms with Gasteiger partial charge in [-0.2, -0.15) is 5.10 Å². The molecule has 0 fully saturated rings. The summed E-state index contributed by atoms with van der Waals surface area (Å²) in [6.07, 6.45) is 1.45. The molecule has 1 aromatic carbocycles. The summed E-state index contributed by atoms with van der Waals surface area (Å²) in [6, 6.07) is 5.24. The summed E-state index contributed by atoms with van der Waals surface area (Å²) in [5, 5.41) is 5.04. The highest BCUT2D eigenvalue weighted by Crippen LogP contribution is 2.24. The van der Waals surface area contributed by atoms with Gasteiger partial charge in [0.15, 0.2) is 0 Å². The molecule has 0 saturated heterocycles. The second-order valence-corrected chi connectivity index (χ2v) is 3.71. The first-order valence-corrected chi connectivity index (χ1v) is 5.02. The largest absolute Gasteiger partial charge is 0.324 e. The van der Waals surface area contributed by atoms with Crippen molar-refractivity contribution < 1.29 is 0 Å². The lowest BCUT2D eigenvalue weighted by molar-refractivity contribution is 0.790. The maximum Gasteiger partial charge on any atom is 0.145 e. The molecule has 0 amide bonds. The van der Waals surface area contributed by atoms with E-state index in [4.69, 9.17) is 28.9 Å². The average molecular weight is 243 g/mol. The van der Waals surface area contributed by atoms with Gasteiger partial charge in [-0.05, 0) is 18.2 Å². The Morgan fingerprint density at radius 2 is 2.07 bits per heavy atom. The number of nitrogens with zero attached hydrogens (tertiary/aromatic N) is 3. The number of aromatic nitrogens is 3. The van der Waals surface area contributed by atoms with E-state index < -0.39 is 0 Å². The summed E-state index contributed by atoms with van der Waals surface area (Å²) in [6.45, 7) is 0.320. The summed E-state index contributed by atoms with van der Waals surface area (Å²) in [4.78, 5) is 4.01. The van der Waals surface area contributed by atoms with Gasteiger partial charge in [-0.15, -0.1) is 0 Å². The van der Waals surface area contributed by atoms with Crippen molar-refractivity contribution in [2.75, 3.05) is 0 Å². The predicted octanol–water partition coefficient (Wildman–Crippen LogP) is 2.03. The zero-order chi connectivity index (χ0) is 10.8. The number of halogens is 2. The van der Waals surface area contributed by atoms with Gasteiger partial charge in [0.25, 0.3) is 0 Å². The van der Waals surface area contributed by atoms with Gasteiger partial charge in [-0.25, -0.2) is 9.67 Å².